The molecule has 2 N–H and O–H groups in total. The summed E-state index contributed by atoms with van der Waals surface area (Å²) in [7, 11) is 4.53. The predicted octanol–water partition coefficient (Wildman–Crippen LogP) is 5.59. The molecule has 3 heterocycles. The van der Waals surface area contributed by atoms with Gasteiger partial charge in [0.25, 0.3) is 11.7 Å². The second kappa shape index (κ2) is 21.7. The molecular formula is C45H71FN2O11. The van der Waals surface area contributed by atoms with Crippen molar-refractivity contribution in [3.63, 3.8) is 0 Å². The number of halogens is 1. The Morgan fingerprint density at radius 3 is 2.24 bits per heavy atom. The van der Waals surface area contributed by atoms with Crippen LogP contribution in [-0.2, 0) is 47.7 Å². The largest absolute Gasteiger partial charge is 0.456 e. The van der Waals surface area contributed by atoms with Gasteiger partial charge in [-0.15, -0.1) is 0 Å². The average Bonchev–Trinajstić information content (AvgIpc) is 3.22. The molecule has 0 aromatic carbocycles. The fourth-order valence-corrected chi connectivity index (χ4v) is 9.75. The minimum Gasteiger partial charge on any atom is -0.456 e. The van der Waals surface area contributed by atoms with E-state index in [-0.39, 0.29) is 67.9 Å². The van der Waals surface area contributed by atoms with Crippen LogP contribution in [0.2, 0.25) is 0 Å². The van der Waals surface area contributed by atoms with Crippen LogP contribution >= 0.6 is 0 Å². The molecule has 0 radical (unpaired) electrons. The summed E-state index contributed by atoms with van der Waals surface area (Å²) < 4.78 is 46.1. The van der Waals surface area contributed by atoms with E-state index in [2.05, 4.69) is 11.4 Å². The minimum atomic E-state index is -2.57. The Hall–Kier alpha value is -3.04. The molecule has 59 heavy (non-hydrogen) atoms. The van der Waals surface area contributed by atoms with Crippen molar-refractivity contribution in [1.29, 1.82) is 0 Å². The van der Waals surface area contributed by atoms with E-state index in [1.165, 1.54) is 26.0 Å². The van der Waals surface area contributed by atoms with E-state index in [4.69, 9.17) is 23.7 Å². The van der Waals surface area contributed by atoms with Crippen LogP contribution in [-0.4, -0.2) is 122 Å². The fraction of sp³-hybridized carbons (Fsp3) is 0.800. The standard InChI is InChI=1S/C45H71FN2O11/c1-11-32-21-26(3)39(46)27(4)22-37(56-9)41-38(57-10)23-29(6)45(54,59-41)42(51)43(52)48-19-13-12-14-34(48)44(53)58-40(25(2)15-18-35(32)50)28(5)20-31-16-17-33(47-30(7)49)36(24-31)55-8/h20-21,25,27,29,31-34,36-41,54H,11-19,22-24H2,1-10H3,(H,47,49)/b26-21+,28-20?. The van der Waals surface area contributed by atoms with Gasteiger partial charge in [0.1, 0.15) is 30.2 Å². The maximum atomic E-state index is 16.2. The van der Waals surface area contributed by atoms with E-state index >= 15 is 4.39 Å². The van der Waals surface area contributed by atoms with Crippen molar-refractivity contribution in [1.82, 2.24) is 10.2 Å². The molecule has 3 fully saturated rings. The van der Waals surface area contributed by atoms with Gasteiger partial charge >= 0.3 is 5.97 Å². The molecule has 0 aromatic rings. The van der Waals surface area contributed by atoms with Crippen LogP contribution in [0.3, 0.4) is 0 Å². The number of hydrogen-bond donors (Lipinski definition) is 2. The van der Waals surface area contributed by atoms with E-state index in [1.807, 2.05) is 20.8 Å². The quantitative estimate of drug-likeness (QED) is 0.186. The molecule has 14 heteroatoms. The van der Waals surface area contributed by atoms with Crippen LogP contribution in [0.5, 0.6) is 0 Å². The molecule has 4 rings (SSSR count). The van der Waals surface area contributed by atoms with Crippen LogP contribution in [0.4, 0.5) is 4.39 Å². The number of nitrogens with one attached hydrogen (secondary N) is 1. The summed E-state index contributed by atoms with van der Waals surface area (Å²) in [6.45, 7) is 12.3. The van der Waals surface area contributed by atoms with Crippen molar-refractivity contribution in [2.75, 3.05) is 27.9 Å². The Morgan fingerprint density at radius 1 is 0.949 bits per heavy atom. The van der Waals surface area contributed by atoms with E-state index in [1.54, 1.807) is 34.0 Å². The van der Waals surface area contributed by atoms with Gasteiger partial charge in [0, 0.05) is 53.1 Å². The number of cyclic esters (lactones) is 1. The van der Waals surface area contributed by atoms with E-state index in [0.29, 0.717) is 44.1 Å². The zero-order valence-corrected chi connectivity index (χ0v) is 37.0. The highest BCUT2D eigenvalue weighted by Crippen LogP contribution is 2.39. The third-order valence-corrected chi connectivity index (χ3v) is 13.4. The van der Waals surface area contributed by atoms with Crippen molar-refractivity contribution in [2.45, 2.75) is 174 Å². The molecule has 0 spiro atoms. The average molecular weight is 835 g/mol. The maximum absolute atomic E-state index is 16.2. The number of carbonyl (C=O) groups excluding carboxylic acids is 5. The third kappa shape index (κ3) is 11.7. The first-order valence-electron chi connectivity index (χ1n) is 21.7. The number of allylic oxidation sites excluding steroid dienone is 3. The summed E-state index contributed by atoms with van der Waals surface area (Å²) in [4.78, 5) is 69.7. The number of fused-ring (bicyclic) bond motifs is 3. The van der Waals surface area contributed by atoms with Gasteiger partial charge in [0.05, 0.1) is 24.4 Å². The molecule has 14 atom stereocenters. The summed E-state index contributed by atoms with van der Waals surface area (Å²) in [5.41, 5.74) is 1.19. The van der Waals surface area contributed by atoms with Crippen LogP contribution in [0, 0.1) is 29.6 Å². The number of aliphatic hydroxyl groups is 1. The zero-order valence-electron chi connectivity index (χ0n) is 37.0. The number of ketones is 2. The van der Waals surface area contributed by atoms with Gasteiger partial charge < -0.3 is 39.0 Å². The highest BCUT2D eigenvalue weighted by atomic mass is 19.1. The summed E-state index contributed by atoms with van der Waals surface area (Å²) >= 11 is 0. The van der Waals surface area contributed by atoms with Gasteiger partial charge in [-0.25, -0.2) is 9.18 Å². The van der Waals surface area contributed by atoms with Gasteiger partial charge in [-0.1, -0.05) is 39.8 Å². The smallest absolute Gasteiger partial charge is 0.329 e. The number of Topliss-reactive ketones (excluding diaryl/α,β-unsaturated/α-hetero) is 2. The van der Waals surface area contributed by atoms with E-state index in [9.17, 15) is 29.1 Å². The van der Waals surface area contributed by atoms with Gasteiger partial charge in [-0.3, -0.25) is 19.2 Å². The van der Waals surface area contributed by atoms with Crippen molar-refractivity contribution < 1.29 is 57.2 Å². The van der Waals surface area contributed by atoms with E-state index < -0.39 is 77.8 Å². The molecule has 2 saturated heterocycles. The number of alkyl halides is 1. The SMILES string of the molecule is CCC1/C=C(\C)C(F)C(C)CC(OC)C2OC(O)(C(=O)C(=O)N3CCCCC3C(=O)OC(C(C)=CC3CCC(NC(C)=O)C(OC)C3)C(C)CCC1=O)C(C)CC2OC. The summed E-state index contributed by atoms with van der Waals surface area (Å²) in [6.07, 6.45) is 3.65. The number of carbonyl (C=O) groups is 5. The molecule has 2 amide bonds. The van der Waals surface area contributed by atoms with Gasteiger partial charge in [-0.2, -0.15) is 0 Å². The summed E-state index contributed by atoms with van der Waals surface area (Å²) in [6, 6.07) is -1.22. The molecule has 0 aromatic heterocycles. The van der Waals surface area contributed by atoms with Crippen LogP contribution in [0.25, 0.3) is 0 Å². The van der Waals surface area contributed by atoms with Crippen LogP contribution < -0.4 is 5.32 Å². The molecule has 3 aliphatic heterocycles. The highest BCUT2D eigenvalue weighted by Gasteiger charge is 2.56. The first kappa shape index (κ1) is 48.6. The number of methoxy groups -OCH3 is 3. The van der Waals surface area contributed by atoms with Crippen molar-refractivity contribution >= 4 is 29.4 Å². The first-order valence-corrected chi connectivity index (χ1v) is 21.7. The number of piperidine rings is 1. The van der Waals surface area contributed by atoms with Crippen molar-refractivity contribution in [3.8, 4) is 0 Å². The predicted molar refractivity (Wildman–Crippen MR) is 219 cm³/mol. The number of hydrogen-bond acceptors (Lipinski definition) is 11. The number of esters is 1. The van der Waals surface area contributed by atoms with Crippen LogP contribution in [0.15, 0.2) is 23.3 Å². The Balaban J connectivity index is 1.74. The van der Waals surface area contributed by atoms with Crippen molar-refractivity contribution in [3.05, 3.63) is 23.3 Å². The summed E-state index contributed by atoms with van der Waals surface area (Å²) in [5, 5.41) is 15.0. The highest BCUT2D eigenvalue weighted by molar-refractivity contribution is 6.39. The van der Waals surface area contributed by atoms with Gasteiger partial charge in [0.15, 0.2) is 0 Å². The maximum Gasteiger partial charge on any atom is 0.329 e. The zero-order chi connectivity index (χ0) is 43.8. The van der Waals surface area contributed by atoms with Gasteiger partial charge in [-0.05, 0) is 107 Å². The Labute approximate surface area is 350 Å². The molecule has 1 saturated carbocycles. The lowest BCUT2D eigenvalue weighted by atomic mass is 9.81. The number of nitrogens with zero attached hydrogens (tertiary/aromatic N) is 1. The Kier molecular flexibility index (Phi) is 17.8. The molecular weight excluding hydrogens is 763 g/mol. The topological polar surface area (TPSA) is 167 Å². The lowest BCUT2D eigenvalue weighted by Gasteiger charge is -2.47. The monoisotopic (exact) mass is 835 g/mol. The summed E-state index contributed by atoms with van der Waals surface area (Å²) in [5.74, 6) is -7.96. The minimum absolute atomic E-state index is 0.0420. The molecule has 13 nitrogen and oxygen atoms in total. The normalized spacial score (nSPS) is 39.9. The second-order valence-electron chi connectivity index (χ2n) is 17.7. The van der Waals surface area contributed by atoms with Crippen LogP contribution in [0.1, 0.15) is 119 Å². The number of amides is 2. The van der Waals surface area contributed by atoms with Crippen molar-refractivity contribution in [2.24, 2.45) is 29.6 Å². The molecule has 14 unspecified atom stereocenters. The molecule has 1 aliphatic carbocycles. The second-order valence-corrected chi connectivity index (χ2v) is 17.7. The lowest BCUT2D eigenvalue weighted by molar-refractivity contribution is -0.302. The Bertz CT molecular complexity index is 1550. The Morgan fingerprint density at radius 2 is 1.61 bits per heavy atom. The van der Waals surface area contributed by atoms with E-state index in [0.717, 1.165) is 12.0 Å². The first-order chi connectivity index (χ1) is 27.9. The lowest BCUT2D eigenvalue weighted by Crippen LogP contribution is -2.64. The van der Waals surface area contributed by atoms with Gasteiger partial charge in [0.2, 0.25) is 11.7 Å². The number of rotatable bonds is 7. The molecule has 2 bridgehead atoms. The number of ether oxygens (including phenoxy) is 5. The fourth-order valence-electron chi connectivity index (χ4n) is 9.75. The molecule has 334 valence electrons. The molecule has 4 aliphatic rings. The third-order valence-electron chi connectivity index (χ3n) is 13.4.